The van der Waals surface area contributed by atoms with E-state index in [1.807, 2.05) is 0 Å². The molecular formula is C19H22N2O5. The fourth-order valence-electron chi connectivity index (χ4n) is 3.53. The Morgan fingerprint density at radius 1 is 1.12 bits per heavy atom. The maximum absolute atomic E-state index is 12.8. The van der Waals surface area contributed by atoms with Gasteiger partial charge in [-0.05, 0) is 38.8 Å². The van der Waals surface area contributed by atoms with Gasteiger partial charge in [-0.1, -0.05) is 12.1 Å². The van der Waals surface area contributed by atoms with Crippen molar-refractivity contribution in [3.63, 3.8) is 0 Å². The molecule has 0 aliphatic carbocycles. The zero-order valence-electron chi connectivity index (χ0n) is 14.9. The molecule has 26 heavy (non-hydrogen) atoms. The summed E-state index contributed by atoms with van der Waals surface area (Å²) in [4.78, 5) is 52.3. The second-order valence-electron chi connectivity index (χ2n) is 6.55. The minimum Gasteiger partial charge on any atom is -0.466 e. The molecule has 138 valence electrons. The van der Waals surface area contributed by atoms with E-state index in [2.05, 4.69) is 0 Å². The largest absolute Gasteiger partial charge is 0.466 e. The van der Waals surface area contributed by atoms with Crippen molar-refractivity contribution in [2.45, 2.75) is 32.7 Å². The van der Waals surface area contributed by atoms with Gasteiger partial charge in [-0.25, -0.2) is 0 Å². The molecule has 0 radical (unpaired) electrons. The number of carbonyl (C=O) groups excluding carboxylic acids is 4. The average molecular weight is 358 g/mol. The Bertz CT molecular complexity index is 717. The van der Waals surface area contributed by atoms with E-state index in [9.17, 15) is 19.2 Å². The molecule has 0 bridgehead atoms. The highest BCUT2D eigenvalue weighted by atomic mass is 16.5. The van der Waals surface area contributed by atoms with Gasteiger partial charge in [-0.2, -0.15) is 0 Å². The molecule has 1 fully saturated rings. The Morgan fingerprint density at radius 2 is 1.65 bits per heavy atom. The summed E-state index contributed by atoms with van der Waals surface area (Å²) in [5.41, 5.74) is 0.663. The monoisotopic (exact) mass is 358 g/mol. The third-order valence-electron chi connectivity index (χ3n) is 5.00. The number of imide groups is 1. The number of esters is 1. The summed E-state index contributed by atoms with van der Waals surface area (Å²) in [5.74, 6) is -1.58. The number of hydrogen-bond donors (Lipinski definition) is 0. The molecule has 0 spiro atoms. The van der Waals surface area contributed by atoms with Crippen molar-refractivity contribution in [3.05, 3.63) is 35.4 Å². The first-order valence-corrected chi connectivity index (χ1v) is 8.88. The van der Waals surface area contributed by atoms with Gasteiger partial charge in [0.2, 0.25) is 5.91 Å². The summed E-state index contributed by atoms with van der Waals surface area (Å²) in [6.07, 6.45) is 1.05. The van der Waals surface area contributed by atoms with Gasteiger partial charge < -0.3 is 9.64 Å². The van der Waals surface area contributed by atoms with Crippen LogP contribution in [0, 0.1) is 5.92 Å². The first-order chi connectivity index (χ1) is 12.5. The first kappa shape index (κ1) is 18.1. The minimum absolute atomic E-state index is 0.200. The number of amides is 3. The van der Waals surface area contributed by atoms with Gasteiger partial charge in [0.25, 0.3) is 11.8 Å². The molecule has 2 aliphatic rings. The number of carbonyl (C=O) groups is 4. The highest BCUT2D eigenvalue weighted by Crippen LogP contribution is 2.26. The van der Waals surface area contributed by atoms with Gasteiger partial charge in [0.15, 0.2) is 0 Å². The van der Waals surface area contributed by atoms with E-state index in [1.54, 1.807) is 43.0 Å². The zero-order valence-corrected chi connectivity index (χ0v) is 14.9. The van der Waals surface area contributed by atoms with Crippen LogP contribution in [0.15, 0.2) is 24.3 Å². The smallest absolute Gasteiger partial charge is 0.309 e. The molecule has 1 aromatic rings. The van der Waals surface area contributed by atoms with Gasteiger partial charge >= 0.3 is 5.97 Å². The normalized spacial score (nSPS) is 18.7. The first-order valence-electron chi connectivity index (χ1n) is 8.88. The number of hydrogen-bond acceptors (Lipinski definition) is 5. The highest BCUT2D eigenvalue weighted by Gasteiger charge is 2.42. The molecule has 2 aliphatic heterocycles. The predicted octanol–water partition coefficient (Wildman–Crippen LogP) is 1.47. The third kappa shape index (κ3) is 3.09. The van der Waals surface area contributed by atoms with Gasteiger partial charge in [-0.15, -0.1) is 0 Å². The van der Waals surface area contributed by atoms with Crippen LogP contribution in [0.5, 0.6) is 0 Å². The van der Waals surface area contributed by atoms with E-state index in [0.29, 0.717) is 43.7 Å². The summed E-state index contributed by atoms with van der Waals surface area (Å²) < 4.78 is 5.03. The maximum Gasteiger partial charge on any atom is 0.309 e. The number of piperidine rings is 1. The lowest BCUT2D eigenvalue weighted by atomic mass is 9.96. The van der Waals surface area contributed by atoms with Crippen LogP contribution in [0.1, 0.15) is 47.4 Å². The number of benzene rings is 1. The van der Waals surface area contributed by atoms with E-state index in [1.165, 1.54) is 0 Å². The molecule has 3 rings (SSSR count). The summed E-state index contributed by atoms with van der Waals surface area (Å²) in [5, 5.41) is 0. The van der Waals surface area contributed by atoms with Crippen LogP contribution in [-0.4, -0.2) is 59.2 Å². The van der Waals surface area contributed by atoms with Crippen LogP contribution in [0.4, 0.5) is 0 Å². The molecule has 1 saturated heterocycles. The van der Waals surface area contributed by atoms with Crippen molar-refractivity contribution in [2.75, 3.05) is 19.7 Å². The van der Waals surface area contributed by atoms with Crippen LogP contribution < -0.4 is 0 Å². The summed E-state index contributed by atoms with van der Waals surface area (Å²) in [7, 11) is 0. The minimum atomic E-state index is -0.874. The lowest BCUT2D eigenvalue weighted by Gasteiger charge is -2.34. The highest BCUT2D eigenvalue weighted by molar-refractivity contribution is 6.22. The van der Waals surface area contributed by atoms with Crippen LogP contribution in [0.25, 0.3) is 0 Å². The Balaban J connectivity index is 1.66. The summed E-state index contributed by atoms with van der Waals surface area (Å²) in [6, 6.07) is 5.71. The van der Waals surface area contributed by atoms with Gasteiger partial charge in [0.05, 0.1) is 23.7 Å². The number of nitrogens with zero attached hydrogens (tertiary/aromatic N) is 2. The summed E-state index contributed by atoms with van der Waals surface area (Å²) >= 11 is 0. The molecule has 1 aromatic carbocycles. The Hall–Kier alpha value is -2.70. The molecule has 7 heteroatoms. The standard InChI is InChI=1S/C19H22N2O5/c1-3-26-19(25)13-8-10-20(11-9-13)16(22)12(2)21-17(23)14-6-4-5-7-15(14)18(21)24/h4-7,12-13H,3,8-11H2,1-2H3. The molecule has 0 aromatic heterocycles. The van der Waals surface area contributed by atoms with Gasteiger partial charge in [0.1, 0.15) is 6.04 Å². The van der Waals surface area contributed by atoms with Gasteiger partial charge in [-0.3, -0.25) is 24.1 Å². The van der Waals surface area contributed by atoms with Crippen LogP contribution in [-0.2, 0) is 14.3 Å². The third-order valence-corrected chi connectivity index (χ3v) is 5.00. The summed E-state index contributed by atoms with van der Waals surface area (Å²) in [6.45, 7) is 4.50. The Morgan fingerprint density at radius 3 is 2.15 bits per heavy atom. The van der Waals surface area contributed by atoms with E-state index >= 15 is 0 Å². The Kier molecular flexibility index (Phi) is 5.06. The second-order valence-corrected chi connectivity index (χ2v) is 6.55. The van der Waals surface area contributed by atoms with Crippen LogP contribution >= 0.6 is 0 Å². The van der Waals surface area contributed by atoms with E-state index in [-0.39, 0.29) is 17.8 Å². The van der Waals surface area contributed by atoms with E-state index in [0.717, 1.165) is 4.90 Å². The van der Waals surface area contributed by atoms with Gasteiger partial charge in [0, 0.05) is 13.1 Å². The molecule has 2 heterocycles. The van der Waals surface area contributed by atoms with E-state index in [4.69, 9.17) is 4.74 Å². The van der Waals surface area contributed by atoms with Crippen molar-refractivity contribution in [1.29, 1.82) is 0 Å². The fourth-order valence-corrected chi connectivity index (χ4v) is 3.53. The molecule has 1 unspecified atom stereocenters. The average Bonchev–Trinajstić information content (AvgIpc) is 2.92. The van der Waals surface area contributed by atoms with Crippen molar-refractivity contribution < 1.29 is 23.9 Å². The molecule has 1 atom stereocenters. The van der Waals surface area contributed by atoms with Crippen LogP contribution in [0.3, 0.4) is 0 Å². The number of likely N-dealkylation sites (tertiary alicyclic amines) is 1. The Labute approximate surface area is 151 Å². The zero-order chi connectivity index (χ0) is 18.8. The number of ether oxygens (including phenoxy) is 1. The number of rotatable bonds is 4. The van der Waals surface area contributed by atoms with Crippen LogP contribution in [0.2, 0.25) is 0 Å². The molecule has 0 saturated carbocycles. The molecule has 0 N–H and O–H groups in total. The lowest BCUT2D eigenvalue weighted by molar-refractivity contribution is -0.151. The van der Waals surface area contributed by atoms with Crippen molar-refractivity contribution in [3.8, 4) is 0 Å². The topological polar surface area (TPSA) is 84.0 Å². The fraction of sp³-hybridized carbons (Fsp3) is 0.474. The molecule has 7 nitrogen and oxygen atoms in total. The molecule has 3 amide bonds. The van der Waals surface area contributed by atoms with E-state index < -0.39 is 17.9 Å². The van der Waals surface area contributed by atoms with Crippen molar-refractivity contribution >= 4 is 23.7 Å². The second kappa shape index (κ2) is 7.27. The maximum atomic E-state index is 12.8. The molecular weight excluding hydrogens is 336 g/mol. The van der Waals surface area contributed by atoms with Crippen molar-refractivity contribution in [1.82, 2.24) is 9.80 Å². The lowest BCUT2D eigenvalue weighted by Crippen LogP contribution is -2.51. The predicted molar refractivity (Wildman–Crippen MR) is 92.3 cm³/mol. The quantitative estimate of drug-likeness (QED) is 0.601. The number of fused-ring (bicyclic) bond motifs is 1. The van der Waals surface area contributed by atoms with Crippen molar-refractivity contribution in [2.24, 2.45) is 5.92 Å². The SMILES string of the molecule is CCOC(=O)C1CCN(C(=O)C(C)N2C(=O)c3ccccc3C2=O)CC1.